The van der Waals surface area contributed by atoms with E-state index >= 15 is 0 Å². The molecule has 0 aliphatic carbocycles. The molecule has 0 saturated heterocycles. The summed E-state index contributed by atoms with van der Waals surface area (Å²) in [7, 11) is 0. The van der Waals surface area contributed by atoms with Gasteiger partial charge in [0.05, 0.1) is 16.9 Å². The van der Waals surface area contributed by atoms with Crippen LogP contribution in [0.5, 0.6) is 5.75 Å². The van der Waals surface area contributed by atoms with E-state index in [0.29, 0.717) is 0 Å². The molecule has 3 aromatic rings. The molecule has 4 nitrogen and oxygen atoms in total. The van der Waals surface area contributed by atoms with E-state index in [1.807, 2.05) is 24.3 Å². The SMILES string of the molecule is c1ccc2c(-c3ccc4c(c3)NCCO4)n[nH]c2c1. The van der Waals surface area contributed by atoms with Crippen molar-refractivity contribution in [3.05, 3.63) is 42.5 Å². The lowest BCUT2D eigenvalue weighted by Gasteiger charge is -2.19. The van der Waals surface area contributed by atoms with Gasteiger partial charge in [0.15, 0.2) is 0 Å². The first-order chi connectivity index (χ1) is 9.42. The van der Waals surface area contributed by atoms with Gasteiger partial charge in [-0.25, -0.2) is 0 Å². The molecule has 0 atom stereocenters. The van der Waals surface area contributed by atoms with Gasteiger partial charge in [-0.2, -0.15) is 5.10 Å². The molecule has 19 heavy (non-hydrogen) atoms. The molecular weight excluding hydrogens is 238 g/mol. The van der Waals surface area contributed by atoms with Gasteiger partial charge in [0.25, 0.3) is 0 Å². The molecule has 1 aromatic heterocycles. The van der Waals surface area contributed by atoms with E-state index in [0.717, 1.165) is 46.7 Å². The smallest absolute Gasteiger partial charge is 0.142 e. The minimum absolute atomic E-state index is 0.720. The molecule has 0 bridgehead atoms. The fraction of sp³-hybridized carbons (Fsp3) is 0.133. The number of nitrogens with one attached hydrogen (secondary N) is 2. The van der Waals surface area contributed by atoms with Crippen LogP contribution in [0.25, 0.3) is 22.2 Å². The first-order valence-electron chi connectivity index (χ1n) is 6.36. The Morgan fingerprint density at radius 2 is 2.05 bits per heavy atom. The van der Waals surface area contributed by atoms with Crippen LogP contribution in [0.1, 0.15) is 0 Å². The standard InChI is InChI=1S/C15H13N3O/c1-2-4-12-11(3-1)15(18-17-12)10-5-6-14-13(9-10)16-7-8-19-14/h1-6,9,16H,7-8H2,(H,17,18). The Kier molecular flexibility index (Phi) is 2.21. The number of anilines is 1. The molecule has 4 heteroatoms. The fourth-order valence-electron chi connectivity index (χ4n) is 2.47. The van der Waals surface area contributed by atoms with Crippen molar-refractivity contribution in [1.82, 2.24) is 10.2 Å². The maximum atomic E-state index is 5.59. The summed E-state index contributed by atoms with van der Waals surface area (Å²) in [6, 6.07) is 14.3. The number of H-pyrrole nitrogens is 1. The fourth-order valence-corrected chi connectivity index (χ4v) is 2.47. The van der Waals surface area contributed by atoms with Crippen molar-refractivity contribution in [2.75, 3.05) is 18.5 Å². The maximum Gasteiger partial charge on any atom is 0.142 e. The number of hydrogen-bond donors (Lipinski definition) is 2. The first kappa shape index (κ1) is 10.4. The molecule has 94 valence electrons. The summed E-state index contributed by atoms with van der Waals surface area (Å²) in [6.07, 6.45) is 0. The number of rotatable bonds is 1. The van der Waals surface area contributed by atoms with Crippen LogP contribution in [0.2, 0.25) is 0 Å². The zero-order valence-electron chi connectivity index (χ0n) is 10.3. The van der Waals surface area contributed by atoms with Gasteiger partial charge in [-0.15, -0.1) is 0 Å². The van der Waals surface area contributed by atoms with Crippen LogP contribution in [0.4, 0.5) is 5.69 Å². The summed E-state index contributed by atoms with van der Waals surface area (Å²) in [5.74, 6) is 0.912. The number of nitrogens with zero attached hydrogens (tertiary/aromatic N) is 1. The van der Waals surface area contributed by atoms with E-state index in [1.165, 1.54) is 0 Å². The Balaban J connectivity index is 1.88. The number of ether oxygens (including phenoxy) is 1. The van der Waals surface area contributed by atoms with Gasteiger partial charge in [-0.3, -0.25) is 5.10 Å². The normalized spacial score (nSPS) is 13.7. The van der Waals surface area contributed by atoms with Crippen molar-refractivity contribution in [3.63, 3.8) is 0 Å². The number of benzene rings is 2. The molecule has 0 amide bonds. The third-order valence-electron chi connectivity index (χ3n) is 3.40. The number of hydrogen-bond acceptors (Lipinski definition) is 3. The molecule has 0 fully saturated rings. The number of para-hydroxylation sites is 1. The van der Waals surface area contributed by atoms with E-state index < -0.39 is 0 Å². The predicted molar refractivity (Wildman–Crippen MR) is 75.5 cm³/mol. The summed E-state index contributed by atoms with van der Waals surface area (Å²) >= 11 is 0. The highest BCUT2D eigenvalue weighted by atomic mass is 16.5. The molecular formula is C15H13N3O. The molecule has 1 aliphatic rings. The molecule has 0 radical (unpaired) electrons. The lowest BCUT2D eigenvalue weighted by molar-refractivity contribution is 0.323. The van der Waals surface area contributed by atoms with Crippen LogP contribution < -0.4 is 10.1 Å². The van der Waals surface area contributed by atoms with E-state index in [2.05, 4.69) is 33.7 Å². The van der Waals surface area contributed by atoms with Crippen molar-refractivity contribution in [2.45, 2.75) is 0 Å². The van der Waals surface area contributed by atoms with Crippen molar-refractivity contribution in [1.29, 1.82) is 0 Å². The van der Waals surface area contributed by atoms with Gasteiger partial charge in [0.2, 0.25) is 0 Å². The Morgan fingerprint density at radius 3 is 3.05 bits per heavy atom. The zero-order valence-corrected chi connectivity index (χ0v) is 10.3. The van der Waals surface area contributed by atoms with Crippen LogP contribution in [-0.4, -0.2) is 23.3 Å². The van der Waals surface area contributed by atoms with Crippen LogP contribution in [0.3, 0.4) is 0 Å². The lowest BCUT2D eigenvalue weighted by Crippen LogP contribution is -2.17. The van der Waals surface area contributed by atoms with E-state index in [4.69, 9.17) is 4.74 Å². The van der Waals surface area contributed by atoms with Gasteiger partial charge >= 0.3 is 0 Å². The van der Waals surface area contributed by atoms with Gasteiger partial charge in [0, 0.05) is 17.5 Å². The van der Waals surface area contributed by atoms with Crippen LogP contribution >= 0.6 is 0 Å². The first-order valence-corrected chi connectivity index (χ1v) is 6.36. The van der Waals surface area contributed by atoms with E-state index in [9.17, 15) is 0 Å². The second kappa shape index (κ2) is 4.02. The maximum absolute atomic E-state index is 5.59. The Hall–Kier alpha value is -2.49. The van der Waals surface area contributed by atoms with Crippen molar-refractivity contribution >= 4 is 16.6 Å². The molecule has 2 heterocycles. The van der Waals surface area contributed by atoms with Gasteiger partial charge in [-0.1, -0.05) is 18.2 Å². The average molecular weight is 251 g/mol. The predicted octanol–water partition coefficient (Wildman–Crippen LogP) is 3.03. The molecule has 0 unspecified atom stereocenters. The van der Waals surface area contributed by atoms with Crippen LogP contribution in [0, 0.1) is 0 Å². The topological polar surface area (TPSA) is 49.9 Å². The van der Waals surface area contributed by atoms with Crippen molar-refractivity contribution in [2.24, 2.45) is 0 Å². The minimum atomic E-state index is 0.720. The lowest BCUT2D eigenvalue weighted by atomic mass is 10.1. The van der Waals surface area contributed by atoms with Crippen LogP contribution in [-0.2, 0) is 0 Å². The second-order valence-corrected chi connectivity index (χ2v) is 4.60. The highest BCUT2D eigenvalue weighted by Crippen LogP contribution is 2.34. The molecule has 4 rings (SSSR count). The van der Waals surface area contributed by atoms with Gasteiger partial charge in [-0.05, 0) is 24.3 Å². The highest BCUT2D eigenvalue weighted by molar-refractivity contribution is 5.93. The van der Waals surface area contributed by atoms with E-state index in [-0.39, 0.29) is 0 Å². The van der Waals surface area contributed by atoms with Gasteiger partial charge in [0.1, 0.15) is 12.4 Å². The molecule has 0 spiro atoms. The third-order valence-corrected chi connectivity index (χ3v) is 3.40. The summed E-state index contributed by atoms with van der Waals surface area (Å²) in [6.45, 7) is 1.56. The molecule has 2 aromatic carbocycles. The summed E-state index contributed by atoms with van der Waals surface area (Å²) in [4.78, 5) is 0. The van der Waals surface area contributed by atoms with E-state index in [1.54, 1.807) is 0 Å². The van der Waals surface area contributed by atoms with Crippen molar-refractivity contribution in [3.8, 4) is 17.0 Å². The third kappa shape index (κ3) is 1.64. The summed E-state index contributed by atoms with van der Waals surface area (Å²) < 4.78 is 5.59. The monoisotopic (exact) mass is 251 g/mol. The Bertz CT molecular complexity index is 748. The zero-order chi connectivity index (χ0) is 12.7. The minimum Gasteiger partial charge on any atom is -0.490 e. The molecule has 2 N–H and O–H groups in total. The molecule has 0 saturated carbocycles. The highest BCUT2D eigenvalue weighted by Gasteiger charge is 2.13. The Morgan fingerprint density at radius 1 is 1.11 bits per heavy atom. The second-order valence-electron chi connectivity index (χ2n) is 4.60. The van der Waals surface area contributed by atoms with Crippen molar-refractivity contribution < 1.29 is 4.74 Å². The average Bonchev–Trinajstić information content (AvgIpc) is 2.91. The Labute approximate surface area is 110 Å². The molecule has 1 aliphatic heterocycles. The number of fused-ring (bicyclic) bond motifs is 2. The quantitative estimate of drug-likeness (QED) is 0.699. The van der Waals surface area contributed by atoms with Crippen LogP contribution in [0.15, 0.2) is 42.5 Å². The van der Waals surface area contributed by atoms with Gasteiger partial charge < -0.3 is 10.1 Å². The number of aromatic nitrogens is 2. The largest absolute Gasteiger partial charge is 0.490 e. The summed E-state index contributed by atoms with van der Waals surface area (Å²) in [5.41, 5.74) is 4.16. The summed E-state index contributed by atoms with van der Waals surface area (Å²) in [5, 5.41) is 12.0. The number of aromatic amines is 1.